The van der Waals surface area contributed by atoms with Gasteiger partial charge in [0.05, 0.1) is 13.0 Å². The summed E-state index contributed by atoms with van der Waals surface area (Å²) < 4.78 is 5.06. The maximum atomic E-state index is 11.3. The van der Waals surface area contributed by atoms with E-state index in [-0.39, 0.29) is 5.91 Å². The van der Waals surface area contributed by atoms with E-state index in [0.717, 1.165) is 0 Å². The number of pyridine rings is 1. The summed E-state index contributed by atoms with van der Waals surface area (Å²) in [5.74, 6) is 0.335. The number of carbonyl (C=O) groups is 1. The molecule has 0 aliphatic heterocycles. The van der Waals surface area contributed by atoms with Gasteiger partial charge < -0.3 is 10.1 Å². The largest absolute Gasteiger partial charge is 0.381 e. The lowest BCUT2D eigenvalue weighted by atomic mass is 10.4. The third kappa shape index (κ3) is 4.76. The lowest BCUT2D eigenvalue weighted by Crippen LogP contribution is -2.14. The lowest BCUT2D eigenvalue weighted by Gasteiger charge is -2.04. The van der Waals surface area contributed by atoms with E-state index in [0.29, 0.717) is 30.6 Å². The second kappa shape index (κ2) is 6.37. The minimum Gasteiger partial charge on any atom is -0.381 e. The summed E-state index contributed by atoms with van der Waals surface area (Å²) in [6.07, 6.45) is 0.321. The topological polar surface area (TPSA) is 51.2 Å². The van der Waals surface area contributed by atoms with Crippen molar-refractivity contribution in [1.82, 2.24) is 4.98 Å². The number of hydrogen-bond donors (Lipinski definition) is 1. The van der Waals surface area contributed by atoms with E-state index < -0.39 is 0 Å². The molecule has 1 N–H and O–H groups in total. The van der Waals surface area contributed by atoms with Crippen molar-refractivity contribution in [3.63, 3.8) is 0 Å². The van der Waals surface area contributed by atoms with Gasteiger partial charge in [-0.15, -0.1) is 0 Å². The van der Waals surface area contributed by atoms with Crippen LogP contribution in [0.2, 0.25) is 5.15 Å². The molecule has 0 aliphatic carbocycles. The van der Waals surface area contributed by atoms with Gasteiger partial charge in [-0.05, 0) is 19.1 Å². The first-order chi connectivity index (χ1) is 7.22. The van der Waals surface area contributed by atoms with Gasteiger partial charge in [0.15, 0.2) is 0 Å². The van der Waals surface area contributed by atoms with Gasteiger partial charge in [-0.2, -0.15) is 0 Å². The lowest BCUT2D eigenvalue weighted by molar-refractivity contribution is -0.117. The molecule has 0 bridgehead atoms. The molecule has 82 valence electrons. The van der Waals surface area contributed by atoms with Crippen LogP contribution in [0.15, 0.2) is 18.2 Å². The predicted octanol–water partition coefficient (Wildman–Crippen LogP) is 2.10. The molecule has 0 fully saturated rings. The molecule has 0 saturated heterocycles. The summed E-state index contributed by atoms with van der Waals surface area (Å²) in [7, 11) is 0. The number of ether oxygens (including phenoxy) is 1. The molecule has 5 heteroatoms. The molecule has 0 aromatic carbocycles. The maximum absolute atomic E-state index is 11.3. The Hall–Kier alpha value is -1.13. The Morgan fingerprint density at radius 3 is 3.07 bits per heavy atom. The number of amides is 1. The van der Waals surface area contributed by atoms with Gasteiger partial charge in [-0.3, -0.25) is 4.79 Å². The highest BCUT2D eigenvalue weighted by atomic mass is 35.5. The van der Waals surface area contributed by atoms with Gasteiger partial charge >= 0.3 is 0 Å². The van der Waals surface area contributed by atoms with Crippen LogP contribution in [0.1, 0.15) is 13.3 Å². The van der Waals surface area contributed by atoms with Crippen LogP contribution in [0.3, 0.4) is 0 Å². The van der Waals surface area contributed by atoms with Crippen molar-refractivity contribution >= 4 is 23.3 Å². The van der Waals surface area contributed by atoms with Crippen LogP contribution in [-0.2, 0) is 9.53 Å². The summed E-state index contributed by atoms with van der Waals surface area (Å²) in [5, 5.41) is 2.99. The first kappa shape index (κ1) is 11.9. The summed E-state index contributed by atoms with van der Waals surface area (Å²) in [6.45, 7) is 2.92. The first-order valence-corrected chi connectivity index (χ1v) is 5.10. The highest BCUT2D eigenvalue weighted by molar-refractivity contribution is 6.29. The van der Waals surface area contributed by atoms with Crippen LogP contribution >= 0.6 is 11.6 Å². The number of aromatic nitrogens is 1. The van der Waals surface area contributed by atoms with Crippen molar-refractivity contribution in [2.75, 3.05) is 18.5 Å². The summed E-state index contributed by atoms with van der Waals surface area (Å²) in [5.41, 5.74) is 0. The van der Waals surface area contributed by atoms with Crippen molar-refractivity contribution in [3.05, 3.63) is 23.4 Å². The zero-order chi connectivity index (χ0) is 11.1. The van der Waals surface area contributed by atoms with Crippen LogP contribution < -0.4 is 5.32 Å². The van der Waals surface area contributed by atoms with Crippen LogP contribution in [0.4, 0.5) is 5.82 Å². The van der Waals surface area contributed by atoms with Crippen molar-refractivity contribution in [2.45, 2.75) is 13.3 Å². The Morgan fingerprint density at radius 2 is 2.40 bits per heavy atom. The van der Waals surface area contributed by atoms with E-state index in [4.69, 9.17) is 16.3 Å². The zero-order valence-corrected chi connectivity index (χ0v) is 9.25. The molecule has 1 rings (SSSR count). The second-order valence-electron chi connectivity index (χ2n) is 2.84. The van der Waals surface area contributed by atoms with Crippen LogP contribution in [0.25, 0.3) is 0 Å². The molecule has 0 radical (unpaired) electrons. The number of rotatable bonds is 5. The monoisotopic (exact) mass is 228 g/mol. The van der Waals surface area contributed by atoms with Crippen molar-refractivity contribution < 1.29 is 9.53 Å². The minimum absolute atomic E-state index is 0.127. The van der Waals surface area contributed by atoms with E-state index in [9.17, 15) is 4.79 Å². The van der Waals surface area contributed by atoms with E-state index in [1.165, 1.54) is 0 Å². The SMILES string of the molecule is CCOCCC(=O)Nc1cccc(Cl)n1. The van der Waals surface area contributed by atoms with Crippen molar-refractivity contribution in [2.24, 2.45) is 0 Å². The van der Waals surface area contributed by atoms with E-state index in [1.54, 1.807) is 18.2 Å². The second-order valence-corrected chi connectivity index (χ2v) is 3.23. The Labute approximate surface area is 93.6 Å². The third-order valence-corrected chi connectivity index (χ3v) is 1.87. The van der Waals surface area contributed by atoms with Gasteiger partial charge in [0, 0.05) is 6.61 Å². The fourth-order valence-corrected chi connectivity index (χ4v) is 1.16. The molecule has 0 spiro atoms. The molecule has 15 heavy (non-hydrogen) atoms. The molecular weight excluding hydrogens is 216 g/mol. The van der Waals surface area contributed by atoms with Crippen molar-refractivity contribution in [1.29, 1.82) is 0 Å². The van der Waals surface area contributed by atoms with E-state index in [1.807, 2.05) is 6.92 Å². The Morgan fingerprint density at radius 1 is 1.60 bits per heavy atom. The quantitative estimate of drug-likeness (QED) is 0.620. The summed E-state index contributed by atoms with van der Waals surface area (Å²) in [4.78, 5) is 15.3. The zero-order valence-electron chi connectivity index (χ0n) is 8.50. The number of hydrogen-bond acceptors (Lipinski definition) is 3. The highest BCUT2D eigenvalue weighted by Crippen LogP contribution is 2.09. The minimum atomic E-state index is -0.127. The Kier molecular flexibility index (Phi) is 5.07. The number of nitrogens with zero attached hydrogens (tertiary/aromatic N) is 1. The molecule has 0 saturated carbocycles. The van der Waals surface area contributed by atoms with Crippen molar-refractivity contribution in [3.8, 4) is 0 Å². The average molecular weight is 229 g/mol. The fraction of sp³-hybridized carbons (Fsp3) is 0.400. The third-order valence-electron chi connectivity index (χ3n) is 1.66. The number of anilines is 1. The molecule has 1 aromatic rings. The van der Waals surface area contributed by atoms with Gasteiger partial charge in [0.2, 0.25) is 5.91 Å². The predicted molar refractivity (Wildman–Crippen MR) is 59.0 cm³/mol. The van der Waals surface area contributed by atoms with Gasteiger partial charge in [0.25, 0.3) is 0 Å². The van der Waals surface area contributed by atoms with Crippen LogP contribution in [-0.4, -0.2) is 24.1 Å². The summed E-state index contributed by atoms with van der Waals surface area (Å²) in [6, 6.07) is 5.06. The molecule has 0 unspecified atom stereocenters. The molecule has 1 aromatic heterocycles. The fourth-order valence-electron chi connectivity index (χ4n) is 0.992. The standard InChI is InChI=1S/C10H13ClN2O2/c1-2-15-7-6-10(14)13-9-5-3-4-8(11)12-9/h3-5H,2,6-7H2,1H3,(H,12,13,14). The molecule has 1 heterocycles. The number of halogens is 1. The molecule has 1 amide bonds. The number of nitrogens with one attached hydrogen (secondary N) is 1. The van der Waals surface area contributed by atoms with Crippen LogP contribution in [0, 0.1) is 0 Å². The van der Waals surface area contributed by atoms with Gasteiger partial charge in [0.1, 0.15) is 11.0 Å². The Balaban J connectivity index is 2.37. The highest BCUT2D eigenvalue weighted by Gasteiger charge is 2.02. The Bertz CT molecular complexity index is 331. The maximum Gasteiger partial charge on any atom is 0.227 e. The summed E-state index contributed by atoms with van der Waals surface area (Å²) >= 11 is 5.67. The first-order valence-electron chi connectivity index (χ1n) is 4.72. The van der Waals surface area contributed by atoms with Crippen LogP contribution in [0.5, 0.6) is 0 Å². The molecule has 0 aliphatic rings. The smallest absolute Gasteiger partial charge is 0.227 e. The van der Waals surface area contributed by atoms with E-state index >= 15 is 0 Å². The van der Waals surface area contributed by atoms with E-state index in [2.05, 4.69) is 10.3 Å². The average Bonchev–Trinajstić information content (AvgIpc) is 2.18. The molecule has 0 atom stereocenters. The molecule has 4 nitrogen and oxygen atoms in total. The number of carbonyl (C=O) groups excluding carboxylic acids is 1. The van der Waals surface area contributed by atoms with Gasteiger partial charge in [-0.1, -0.05) is 17.7 Å². The van der Waals surface area contributed by atoms with Gasteiger partial charge in [-0.25, -0.2) is 4.98 Å². The normalized spacial score (nSPS) is 10.0. The molecular formula is C10H13ClN2O2.